The average Bonchev–Trinajstić information content (AvgIpc) is 3.20. The summed E-state index contributed by atoms with van der Waals surface area (Å²) in [5.74, 6) is 0.831. The first-order chi connectivity index (χ1) is 15.1. The Morgan fingerprint density at radius 2 is 1.58 bits per heavy atom. The molecule has 3 rings (SSSR count). The maximum absolute atomic E-state index is 12.0. The van der Waals surface area contributed by atoms with E-state index in [1.165, 1.54) is 44.9 Å². The minimum atomic E-state index is -0.201. The zero-order valence-corrected chi connectivity index (χ0v) is 19.6. The predicted molar refractivity (Wildman–Crippen MR) is 129 cm³/mol. The van der Waals surface area contributed by atoms with Crippen molar-refractivity contribution in [1.29, 1.82) is 0 Å². The van der Waals surface area contributed by atoms with Gasteiger partial charge in [0.25, 0.3) is 5.91 Å². The Kier molecular flexibility index (Phi) is 10.9. The Bertz CT molecular complexity index is 927. The number of pyridine rings is 1. The van der Waals surface area contributed by atoms with Crippen LogP contribution in [0.15, 0.2) is 34.7 Å². The molecule has 5 heteroatoms. The molecule has 0 saturated carbocycles. The van der Waals surface area contributed by atoms with Gasteiger partial charge in [-0.2, -0.15) is 0 Å². The van der Waals surface area contributed by atoms with Gasteiger partial charge < -0.3 is 14.5 Å². The summed E-state index contributed by atoms with van der Waals surface area (Å²) in [6.45, 7) is 7.26. The smallest absolute Gasteiger partial charge is 0.287 e. The van der Waals surface area contributed by atoms with Gasteiger partial charge in [0, 0.05) is 23.4 Å². The highest BCUT2D eigenvalue weighted by molar-refractivity contribution is 5.98. The van der Waals surface area contributed by atoms with Crippen LogP contribution in [-0.2, 0) is 0 Å². The van der Waals surface area contributed by atoms with Crippen molar-refractivity contribution in [2.45, 2.75) is 78.6 Å². The normalized spacial score (nSPS) is 10.7. The summed E-state index contributed by atoms with van der Waals surface area (Å²) >= 11 is 0. The molecule has 3 aromatic rings. The van der Waals surface area contributed by atoms with Crippen LogP contribution in [0, 0.1) is 0 Å². The number of carbonyl (C=O) groups is 1. The highest BCUT2D eigenvalue weighted by atomic mass is 16.5. The van der Waals surface area contributed by atoms with Crippen molar-refractivity contribution in [2.24, 2.45) is 0 Å². The third-order valence-corrected chi connectivity index (χ3v) is 5.26. The van der Waals surface area contributed by atoms with E-state index in [0.29, 0.717) is 18.0 Å². The lowest BCUT2D eigenvalue weighted by atomic mass is 10.1. The van der Waals surface area contributed by atoms with E-state index >= 15 is 0 Å². The minimum Gasteiger partial charge on any atom is -0.497 e. The third-order valence-electron chi connectivity index (χ3n) is 5.26. The lowest BCUT2D eigenvalue weighted by Crippen LogP contribution is -2.23. The second kappa shape index (κ2) is 13.7. The van der Waals surface area contributed by atoms with Gasteiger partial charge in [0.15, 0.2) is 5.76 Å². The van der Waals surface area contributed by atoms with Gasteiger partial charge in [-0.05, 0) is 30.7 Å². The molecule has 0 atom stereocenters. The molecular weight excluding hydrogens is 388 g/mol. The van der Waals surface area contributed by atoms with E-state index in [4.69, 9.17) is 9.15 Å². The van der Waals surface area contributed by atoms with Crippen molar-refractivity contribution < 1.29 is 13.9 Å². The van der Waals surface area contributed by atoms with Crippen molar-refractivity contribution in [1.82, 2.24) is 10.3 Å². The van der Waals surface area contributed by atoms with E-state index in [9.17, 15) is 4.79 Å². The molecule has 5 nitrogen and oxygen atoms in total. The fourth-order valence-corrected chi connectivity index (χ4v) is 3.34. The Labute approximate surface area is 186 Å². The molecule has 0 unspecified atom stereocenters. The van der Waals surface area contributed by atoms with E-state index in [-0.39, 0.29) is 5.91 Å². The van der Waals surface area contributed by atoms with Crippen LogP contribution < -0.4 is 10.1 Å². The summed E-state index contributed by atoms with van der Waals surface area (Å²) in [4.78, 5) is 16.5. The van der Waals surface area contributed by atoms with Crippen molar-refractivity contribution in [3.05, 3.63) is 36.1 Å². The van der Waals surface area contributed by atoms with E-state index < -0.39 is 0 Å². The maximum Gasteiger partial charge on any atom is 0.287 e. The Morgan fingerprint density at radius 3 is 2.23 bits per heavy atom. The van der Waals surface area contributed by atoms with Crippen LogP contribution in [0.3, 0.4) is 0 Å². The highest BCUT2D eigenvalue weighted by Crippen LogP contribution is 2.25. The molecule has 0 aliphatic carbocycles. The second-order valence-corrected chi connectivity index (χ2v) is 7.93. The quantitative estimate of drug-likeness (QED) is 0.327. The van der Waals surface area contributed by atoms with E-state index in [2.05, 4.69) is 31.1 Å². The Hall–Kier alpha value is -2.56. The number of ether oxygens (including phenoxy) is 1. The molecule has 1 aromatic carbocycles. The number of amides is 1. The zero-order valence-electron chi connectivity index (χ0n) is 19.6. The first-order valence-electron chi connectivity index (χ1n) is 11.8. The van der Waals surface area contributed by atoms with Gasteiger partial charge in [-0.15, -0.1) is 0 Å². The van der Waals surface area contributed by atoms with Crippen LogP contribution in [-0.4, -0.2) is 24.5 Å². The number of unbranched alkanes of at least 4 members (excludes halogenated alkanes) is 7. The highest BCUT2D eigenvalue weighted by Gasteiger charge is 2.13. The molecule has 2 aromatic heterocycles. The van der Waals surface area contributed by atoms with Crippen LogP contribution in [0.2, 0.25) is 0 Å². The summed E-state index contributed by atoms with van der Waals surface area (Å²) in [5.41, 5.74) is 1.24. The molecule has 0 fully saturated rings. The van der Waals surface area contributed by atoms with Crippen molar-refractivity contribution in [2.75, 3.05) is 13.7 Å². The zero-order chi connectivity index (χ0) is 22.5. The molecule has 0 radical (unpaired) electrons. The fraction of sp³-hybridized carbons (Fsp3) is 0.538. The summed E-state index contributed by atoms with van der Waals surface area (Å²) < 4.78 is 10.8. The third kappa shape index (κ3) is 7.89. The SMILES string of the molecule is CCCCCCCCC.CCCCNC(=O)c1cc2cc3ccc(OC)cc3nc2o1. The van der Waals surface area contributed by atoms with E-state index in [0.717, 1.165) is 34.9 Å². The number of aromatic nitrogens is 1. The standard InChI is InChI=1S/C17H18N2O3.C9H20/c1-3-4-7-18-16(20)15-9-12-8-11-5-6-13(21-2)10-14(11)19-17(12)22-15;1-3-5-7-9-8-6-4-2/h5-6,8-10H,3-4,7H2,1-2H3,(H,18,20);3-9H2,1-2H3. The van der Waals surface area contributed by atoms with Crippen LogP contribution in [0.1, 0.15) is 89.1 Å². The van der Waals surface area contributed by atoms with Crippen LogP contribution in [0.25, 0.3) is 22.0 Å². The number of fused-ring (bicyclic) bond motifs is 2. The lowest BCUT2D eigenvalue weighted by molar-refractivity contribution is 0.0927. The van der Waals surface area contributed by atoms with E-state index in [1.54, 1.807) is 13.2 Å². The van der Waals surface area contributed by atoms with Crippen LogP contribution in [0.4, 0.5) is 0 Å². The first-order valence-corrected chi connectivity index (χ1v) is 11.8. The number of methoxy groups -OCH3 is 1. The topological polar surface area (TPSA) is 64.4 Å². The summed E-state index contributed by atoms with van der Waals surface area (Å²) in [7, 11) is 1.62. The molecule has 170 valence electrons. The minimum absolute atomic E-state index is 0.201. The van der Waals surface area contributed by atoms with E-state index in [1.807, 2.05) is 24.3 Å². The number of benzene rings is 1. The van der Waals surface area contributed by atoms with Gasteiger partial charge in [0.2, 0.25) is 5.71 Å². The molecule has 0 spiro atoms. The second-order valence-electron chi connectivity index (χ2n) is 7.93. The van der Waals surface area contributed by atoms with Crippen LogP contribution >= 0.6 is 0 Å². The number of furan rings is 1. The molecule has 1 N–H and O–H groups in total. The maximum atomic E-state index is 12.0. The largest absolute Gasteiger partial charge is 0.497 e. The molecular formula is C26H38N2O3. The van der Waals surface area contributed by atoms with Gasteiger partial charge in [-0.1, -0.05) is 72.1 Å². The molecule has 0 saturated heterocycles. The van der Waals surface area contributed by atoms with Crippen molar-refractivity contribution >= 4 is 27.9 Å². The number of rotatable bonds is 11. The molecule has 1 amide bonds. The molecule has 0 aliphatic rings. The monoisotopic (exact) mass is 426 g/mol. The number of hydrogen-bond donors (Lipinski definition) is 1. The van der Waals surface area contributed by atoms with Crippen LogP contribution in [0.5, 0.6) is 5.75 Å². The molecule has 0 bridgehead atoms. The fourth-order valence-electron chi connectivity index (χ4n) is 3.34. The Balaban J connectivity index is 0.000000323. The lowest BCUT2D eigenvalue weighted by Gasteiger charge is -2.01. The number of nitrogens with one attached hydrogen (secondary N) is 1. The van der Waals surface area contributed by atoms with Gasteiger partial charge in [-0.3, -0.25) is 4.79 Å². The number of nitrogens with zero attached hydrogens (tertiary/aromatic N) is 1. The average molecular weight is 427 g/mol. The number of carbonyl (C=O) groups excluding carboxylic acids is 1. The molecule has 31 heavy (non-hydrogen) atoms. The van der Waals surface area contributed by atoms with Crippen molar-refractivity contribution in [3.63, 3.8) is 0 Å². The number of hydrogen-bond acceptors (Lipinski definition) is 4. The van der Waals surface area contributed by atoms with Gasteiger partial charge >= 0.3 is 0 Å². The van der Waals surface area contributed by atoms with Gasteiger partial charge in [0.05, 0.1) is 12.6 Å². The first kappa shape index (κ1) is 24.7. The molecule has 2 heterocycles. The van der Waals surface area contributed by atoms with Gasteiger partial charge in [0.1, 0.15) is 5.75 Å². The summed E-state index contributed by atoms with van der Waals surface area (Å²) in [5, 5.41) is 4.64. The summed E-state index contributed by atoms with van der Waals surface area (Å²) in [6.07, 6.45) is 12.0. The predicted octanol–water partition coefficient (Wildman–Crippen LogP) is 7.28. The molecule has 0 aliphatic heterocycles. The Morgan fingerprint density at radius 1 is 0.903 bits per heavy atom. The van der Waals surface area contributed by atoms with Gasteiger partial charge in [-0.25, -0.2) is 4.98 Å². The van der Waals surface area contributed by atoms with Crippen molar-refractivity contribution in [3.8, 4) is 5.75 Å². The summed E-state index contributed by atoms with van der Waals surface area (Å²) in [6, 6.07) is 9.36.